The first-order chi connectivity index (χ1) is 9.13. The molecular formula is C12H7Cl2FN4. The average molecular weight is 297 g/mol. The smallest absolute Gasteiger partial charge is 0.197 e. The largest absolute Gasteiger partial charge is 0.342 e. The number of aromatic nitrogens is 4. The van der Waals surface area contributed by atoms with Gasteiger partial charge in [0.25, 0.3) is 0 Å². The summed E-state index contributed by atoms with van der Waals surface area (Å²) < 4.78 is 13.2. The molecule has 4 nitrogen and oxygen atoms in total. The highest BCUT2D eigenvalue weighted by Crippen LogP contribution is 2.20. The van der Waals surface area contributed by atoms with E-state index in [0.29, 0.717) is 18.1 Å². The zero-order valence-corrected chi connectivity index (χ0v) is 11.0. The highest BCUT2D eigenvalue weighted by molar-refractivity contribution is 6.33. The molecule has 2 heterocycles. The normalized spacial score (nSPS) is 11.1. The van der Waals surface area contributed by atoms with E-state index in [1.807, 2.05) is 24.3 Å². The summed E-state index contributed by atoms with van der Waals surface area (Å²) in [7, 11) is 0. The van der Waals surface area contributed by atoms with Gasteiger partial charge in [-0.15, -0.1) is 0 Å². The van der Waals surface area contributed by atoms with Crippen molar-refractivity contribution in [3.05, 3.63) is 52.0 Å². The molecular weight excluding hydrogens is 290 g/mol. The molecule has 7 heteroatoms. The van der Waals surface area contributed by atoms with Crippen LogP contribution in [0.3, 0.4) is 0 Å². The van der Waals surface area contributed by atoms with Crippen LogP contribution in [0.1, 0.15) is 11.6 Å². The number of hydrogen-bond acceptors (Lipinski definition) is 3. The predicted molar refractivity (Wildman–Crippen MR) is 70.9 cm³/mol. The molecule has 1 aromatic carbocycles. The van der Waals surface area contributed by atoms with Crippen LogP contribution in [0.15, 0.2) is 24.3 Å². The number of nitrogens with one attached hydrogen (secondary N) is 1. The first kappa shape index (κ1) is 12.3. The van der Waals surface area contributed by atoms with E-state index in [2.05, 4.69) is 19.9 Å². The second kappa shape index (κ2) is 4.75. The zero-order valence-electron chi connectivity index (χ0n) is 9.49. The summed E-state index contributed by atoms with van der Waals surface area (Å²) in [5.74, 6) is 0.173. The molecule has 0 aliphatic rings. The summed E-state index contributed by atoms with van der Waals surface area (Å²) in [6.45, 7) is 0. The molecule has 0 unspecified atom stereocenters. The maximum absolute atomic E-state index is 13.2. The molecule has 0 bridgehead atoms. The van der Waals surface area contributed by atoms with Crippen molar-refractivity contribution in [3.8, 4) is 0 Å². The van der Waals surface area contributed by atoms with Gasteiger partial charge in [-0.3, -0.25) is 0 Å². The fourth-order valence-electron chi connectivity index (χ4n) is 1.75. The Kier molecular flexibility index (Phi) is 3.08. The second-order valence-electron chi connectivity index (χ2n) is 3.91. The number of aromatic amines is 1. The summed E-state index contributed by atoms with van der Waals surface area (Å²) in [6, 6.07) is 7.61. The summed E-state index contributed by atoms with van der Waals surface area (Å²) in [5.41, 5.74) is 1.76. The summed E-state index contributed by atoms with van der Waals surface area (Å²) in [6.07, 6.45) is 0.300. The molecule has 3 aromatic rings. The third-order valence-electron chi connectivity index (χ3n) is 2.58. The lowest BCUT2D eigenvalue weighted by Gasteiger charge is -2.00. The minimum Gasteiger partial charge on any atom is -0.342 e. The van der Waals surface area contributed by atoms with Crippen LogP contribution in [0.25, 0.3) is 11.0 Å². The van der Waals surface area contributed by atoms with Gasteiger partial charge in [0.2, 0.25) is 0 Å². The molecule has 0 aliphatic carbocycles. The molecule has 0 amide bonds. The molecule has 0 aliphatic heterocycles. The first-order valence-corrected chi connectivity index (χ1v) is 6.20. The zero-order chi connectivity index (χ0) is 13.4. The van der Waals surface area contributed by atoms with Crippen LogP contribution >= 0.6 is 23.2 Å². The van der Waals surface area contributed by atoms with Crippen molar-refractivity contribution in [1.29, 1.82) is 0 Å². The van der Waals surface area contributed by atoms with Gasteiger partial charge in [-0.25, -0.2) is 19.3 Å². The Morgan fingerprint density at radius 3 is 2.42 bits per heavy atom. The molecule has 0 saturated heterocycles. The molecule has 96 valence electrons. The van der Waals surface area contributed by atoms with Crippen LogP contribution < -0.4 is 0 Å². The van der Waals surface area contributed by atoms with Crippen molar-refractivity contribution >= 4 is 34.2 Å². The Bertz CT molecular complexity index is 700. The number of nitrogens with zero attached hydrogens (tertiary/aromatic N) is 3. The summed E-state index contributed by atoms with van der Waals surface area (Å²) in [5, 5.41) is -0.572. The molecule has 2 aromatic heterocycles. The van der Waals surface area contributed by atoms with E-state index in [-0.39, 0.29) is 10.3 Å². The average Bonchev–Trinajstić information content (AvgIpc) is 2.78. The molecule has 0 saturated carbocycles. The van der Waals surface area contributed by atoms with Gasteiger partial charge in [0.1, 0.15) is 11.6 Å². The summed E-state index contributed by atoms with van der Waals surface area (Å²) in [4.78, 5) is 15.2. The van der Waals surface area contributed by atoms with E-state index < -0.39 is 5.82 Å². The lowest BCUT2D eigenvalue weighted by Crippen LogP contribution is -2.01. The Morgan fingerprint density at radius 1 is 1.05 bits per heavy atom. The molecule has 0 atom stereocenters. The van der Waals surface area contributed by atoms with Gasteiger partial charge in [-0.2, -0.15) is 0 Å². The number of benzene rings is 1. The van der Waals surface area contributed by atoms with Crippen molar-refractivity contribution in [2.24, 2.45) is 0 Å². The molecule has 1 N–H and O–H groups in total. The molecule has 0 radical (unpaired) electrons. The van der Waals surface area contributed by atoms with E-state index >= 15 is 0 Å². The van der Waals surface area contributed by atoms with E-state index in [0.717, 1.165) is 11.0 Å². The van der Waals surface area contributed by atoms with Gasteiger partial charge in [0, 0.05) is 0 Å². The van der Waals surface area contributed by atoms with E-state index in [9.17, 15) is 4.39 Å². The van der Waals surface area contributed by atoms with Gasteiger partial charge in [-0.1, -0.05) is 35.3 Å². The fraction of sp³-hybridized carbons (Fsp3) is 0.0833. The van der Waals surface area contributed by atoms with Crippen LogP contribution in [-0.2, 0) is 6.42 Å². The number of imidazole rings is 1. The highest BCUT2D eigenvalue weighted by atomic mass is 35.5. The van der Waals surface area contributed by atoms with Gasteiger partial charge < -0.3 is 4.98 Å². The predicted octanol–water partition coefficient (Wildman–Crippen LogP) is 3.39. The molecule has 0 spiro atoms. The van der Waals surface area contributed by atoms with Crippen molar-refractivity contribution < 1.29 is 4.39 Å². The van der Waals surface area contributed by atoms with Gasteiger partial charge in [0.15, 0.2) is 16.1 Å². The van der Waals surface area contributed by atoms with Crippen molar-refractivity contribution in [3.63, 3.8) is 0 Å². The Labute approximate surface area is 117 Å². The topological polar surface area (TPSA) is 54.5 Å². The van der Waals surface area contributed by atoms with Crippen molar-refractivity contribution in [2.45, 2.75) is 6.42 Å². The van der Waals surface area contributed by atoms with Gasteiger partial charge in [0.05, 0.1) is 17.5 Å². The second-order valence-corrected chi connectivity index (χ2v) is 4.63. The van der Waals surface area contributed by atoms with Gasteiger partial charge in [-0.05, 0) is 12.1 Å². The molecule has 19 heavy (non-hydrogen) atoms. The number of H-pyrrole nitrogens is 1. The number of hydrogen-bond donors (Lipinski definition) is 1. The third-order valence-corrected chi connectivity index (χ3v) is 3.08. The quantitative estimate of drug-likeness (QED) is 0.738. The molecule has 0 fully saturated rings. The number of para-hydroxylation sites is 2. The van der Waals surface area contributed by atoms with Gasteiger partial charge >= 0.3 is 0 Å². The standard InChI is InChI=1S/C12H7Cl2FN4/c13-11-10(15)12(14)19-9(18-11)5-8-16-6-3-1-2-4-7(6)17-8/h1-4H,5H2,(H,16,17). The maximum Gasteiger partial charge on any atom is 0.197 e. The van der Waals surface area contributed by atoms with E-state index in [4.69, 9.17) is 23.2 Å². The van der Waals surface area contributed by atoms with Crippen LogP contribution in [0.5, 0.6) is 0 Å². The van der Waals surface area contributed by atoms with E-state index in [1.54, 1.807) is 0 Å². The first-order valence-electron chi connectivity index (χ1n) is 5.44. The van der Waals surface area contributed by atoms with Crippen molar-refractivity contribution in [2.75, 3.05) is 0 Å². The van der Waals surface area contributed by atoms with Crippen LogP contribution in [0, 0.1) is 5.82 Å². The van der Waals surface area contributed by atoms with Crippen LogP contribution in [0.4, 0.5) is 4.39 Å². The SMILES string of the molecule is Fc1c(Cl)nc(Cc2nc3ccccc3[nH]2)nc1Cl. The Hall–Kier alpha value is -1.72. The summed E-state index contributed by atoms with van der Waals surface area (Å²) >= 11 is 11.2. The Balaban J connectivity index is 1.96. The molecule has 3 rings (SSSR count). The van der Waals surface area contributed by atoms with Crippen LogP contribution in [0.2, 0.25) is 10.3 Å². The third kappa shape index (κ3) is 2.39. The Morgan fingerprint density at radius 2 is 1.74 bits per heavy atom. The van der Waals surface area contributed by atoms with E-state index in [1.165, 1.54) is 0 Å². The minimum absolute atomic E-state index is 0.286. The lowest BCUT2D eigenvalue weighted by molar-refractivity contribution is 0.610. The minimum atomic E-state index is -0.809. The number of fused-ring (bicyclic) bond motifs is 1. The number of rotatable bonds is 2. The highest BCUT2D eigenvalue weighted by Gasteiger charge is 2.12. The monoisotopic (exact) mass is 296 g/mol. The van der Waals surface area contributed by atoms with Crippen molar-refractivity contribution in [1.82, 2.24) is 19.9 Å². The van der Waals surface area contributed by atoms with Crippen LogP contribution in [-0.4, -0.2) is 19.9 Å². The maximum atomic E-state index is 13.2. The number of halogens is 3. The lowest BCUT2D eigenvalue weighted by atomic mass is 10.3. The fourth-order valence-corrected chi connectivity index (χ4v) is 2.18.